The lowest BCUT2D eigenvalue weighted by Gasteiger charge is -2.27. The van der Waals surface area contributed by atoms with Gasteiger partial charge in [0.2, 0.25) is 5.91 Å². The molecule has 0 bridgehead atoms. The van der Waals surface area contributed by atoms with Gasteiger partial charge in [0.25, 0.3) is 5.91 Å². The van der Waals surface area contributed by atoms with Crippen LogP contribution in [0, 0.1) is 12.8 Å². The summed E-state index contributed by atoms with van der Waals surface area (Å²) in [5.74, 6) is -1.05. The van der Waals surface area contributed by atoms with Gasteiger partial charge in [-0.1, -0.05) is 23.8 Å². The summed E-state index contributed by atoms with van der Waals surface area (Å²) in [4.78, 5) is 41.2. The van der Waals surface area contributed by atoms with Crippen molar-refractivity contribution in [3.63, 3.8) is 0 Å². The van der Waals surface area contributed by atoms with Gasteiger partial charge in [-0.25, -0.2) is 0 Å². The molecule has 2 atom stereocenters. The number of nitrogens with one attached hydrogen (secondary N) is 1. The number of carbonyl (C=O) groups excluding carboxylic acids is 3. The van der Waals surface area contributed by atoms with Crippen LogP contribution in [-0.4, -0.2) is 38.6 Å². The van der Waals surface area contributed by atoms with E-state index in [-0.39, 0.29) is 12.3 Å². The Morgan fingerprint density at radius 3 is 2.51 bits per heavy atom. The van der Waals surface area contributed by atoms with Crippen molar-refractivity contribution >= 4 is 40.5 Å². The lowest BCUT2D eigenvalue weighted by atomic mass is 9.99. The van der Waals surface area contributed by atoms with Crippen LogP contribution < -0.4 is 19.7 Å². The third kappa shape index (κ3) is 5.30. The molecule has 1 aliphatic rings. The molecule has 1 aromatic heterocycles. The molecule has 182 valence electrons. The zero-order valence-corrected chi connectivity index (χ0v) is 20.5. The van der Waals surface area contributed by atoms with Crippen LogP contribution in [0.15, 0.2) is 60.0 Å². The predicted molar refractivity (Wildman–Crippen MR) is 133 cm³/mol. The molecule has 3 aromatic rings. The van der Waals surface area contributed by atoms with Crippen LogP contribution in [0.5, 0.6) is 11.5 Å². The number of nitrogens with zero attached hydrogens (tertiary/aromatic N) is 1. The van der Waals surface area contributed by atoms with E-state index in [1.165, 1.54) is 25.6 Å². The maximum atomic E-state index is 13.1. The Hall–Kier alpha value is -3.85. The van der Waals surface area contributed by atoms with Crippen LogP contribution >= 0.6 is 11.3 Å². The molecule has 0 saturated carbocycles. The van der Waals surface area contributed by atoms with Crippen molar-refractivity contribution in [2.45, 2.75) is 19.4 Å². The number of rotatable bonds is 8. The van der Waals surface area contributed by atoms with E-state index >= 15 is 0 Å². The van der Waals surface area contributed by atoms with Crippen molar-refractivity contribution < 1.29 is 28.6 Å². The summed E-state index contributed by atoms with van der Waals surface area (Å²) in [6, 6.07) is 15.9. The smallest absolute Gasteiger partial charge is 0.312 e. The molecular weight excluding hydrogens is 468 g/mol. The molecule has 0 radical (unpaired) electrons. The largest absolute Gasteiger partial charge is 0.497 e. The fourth-order valence-corrected chi connectivity index (χ4v) is 4.96. The van der Waals surface area contributed by atoms with Crippen molar-refractivity contribution in [1.82, 2.24) is 0 Å². The van der Waals surface area contributed by atoms with Gasteiger partial charge in [-0.15, -0.1) is 11.3 Å². The van der Waals surface area contributed by atoms with Crippen molar-refractivity contribution in [1.29, 1.82) is 0 Å². The number of hydrogen-bond donors (Lipinski definition) is 1. The van der Waals surface area contributed by atoms with Crippen LogP contribution in [-0.2, 0) is 19.1 Å². The summed E-state index contributed by atoms with van der Waals surface area (Å²) in [5.41, 5.74) is 2.19. The molecule has 1 aliphatic heterocycles. The highest BCUT2D eigenvalue weighted by Gasteiger charge is 2.46. The number of methoxy groups -OCH3 is 2. The highest BCUT2D eigenvalue weighted by Crippen LogP contribution is 2.43. The van der Waals surface area contributed by atoms with Crippen molar-refractivity contribution in [2.75, 3.05) is 31.0 Å². The van der Waals surface area contributed by atoms with Crippen molar-refractivity contribution in [3.05, 3.63) is 70.4 Å². The third-order valence-electron chi connectivity index (χ3n) is 5.80. The van der Waals surface area contributed by atoms with Crippen LogP contribution in [0.25, 0.3) is 0 Å². The summed E-state index contributed by atoms with van der Waals surface area (Å²) >= 11 is 1.47. The number of ether oxygens (including phenoxy) is 3. The molecule has 1 fully saturated rings. The van der Waals surface area contributed by atoms with Crippen LogP contribution in [0.4, 0.5) is 11.4 Å². The minimum atomic E-state index is -0.735. The van der Waals surface area contributed by atoms with E-state index in [1.807, 2.05) is 48.7 Å². The standard InChI is InChI=1S/C26H26N2O6S/c1-16-6-8-17(9-7-16)28-24(30)14-19(25(28)22-5-4-12-35-22)26(31)34-15-23(29)27-20-13-18(32-2)10-11-21(20)33-3/h4-13,19,25H,14-15H2,1-3H3,(H,27,29). The van der Waals surface area contributed by atoms with Crippen molar-refractivity contribution in [2.24, 2.45) is 5.92 Å². The molecule has 1 N–H and O–H groups in total. The second kappa shape index (κ2) is 10.6. The Morgan fingerprint density at radius 1 is 1.09 bits per heavy atom. The van der Waals surface area contributed by atoms with E-state index in [9.17, 15) is 14.4 Å². The topological polar surface area (TPSA) is 94.2 Å². The molecular formula is C26H26N2O6S. The summed E-state index contributed by atoms with van der Waals surface area (Å²) in [6.45, 7) is 1.48. The van der Waals surface area contributed by atoms with Gasteiger partial charge in [0.05, 0.1) is 31.9 Å². The molecule has 2 amide bonds. The van der Waals surface area contributed by atoms with Gasteiger partial charge in [0.1, 0.15) is 11.5 Å². The van der Waals surface area contributed by atoms with Gasteiger partial charge < -0.3 is 24.4 Å². The minimum Gasteiger partial charge on any atom is -0.497 e. The average Bonchev–Trinajstić information content (AvgIpc) is 3.51. The molecule has 0 aliphatic carbocycles. The lowest BCUT2D eigenvalue weighted by molar-refractivity contribution is -0.152. The summed E-state index contributed by atoms with van der Waals surface area (Å²) < 4.78 is 15.8. The predicted octanol–water partition coefficient (Wildman–Crippen LogP) is 4.35. The Labute approximate surface area is 207 Å². The molecule has 9 heteroatoms. The van der Waals surface area contributed by atoms with E-state index < -0.39 is 30.4 Å². The van der Waals surface area contributed by atoms with E-state index in [0.717, 1.165) is 16.1 Å². The molecule has 8 nitrogen and oxygen atoms in total. The maximum Gasteiger partial charge on any atom is 0.312 e. The van der Waals surface area contributed by atoms with E-state index in [0.29, 0.717) is 17.2 Å². The second-order valence-corrected chi connectivity index (χ2v) is 9.07. The quantitative estimate of drug-likeness (QED) is 0.468. The minimum absolute atomic E-state index is 0.000598. The van der Waals surface area contributed by atoms with Gasteiger partial charge >= 0.3 is 5.97 Å². The number of aryl methyl sites for hydroxylation is 1. The van der Waals surface area contributed by atoms with Crippen LogP contribution in [0.3, 0.4) is 0 Å². The van der Waals surface area contributed by atoms with Gasteiger partial charge in [-0.05, 0) is 42.6 Å². The van der Waals surface area contributed by atoms with Gasteiger partial charge in [0, 0.05) is 23.1 Å². The Morgan fingerprint density at radius 2 is 1.86 bits per heavy atom. The fourth-order valence-electron chi connectivity index (χ4n) is 4.08. The first kappa shape index (κ1) is 24.3. The molecule has 1 saturated heterocycles. The summed E-state index contributed by atoms with van der Waals surface area (Å²) in [7, 11) is 3.00. The number of anilines is 2. The maximum absolute atomic E-state index is 13.1. The molecule has 35 heavy (non-hydrogen) atoms. The summed E-state index contributed by atoms with van der Waals surface area (Å²) in [5, 5.41) is 4.58. The SMILES string of the molecule is COc1ccc(OC)c(NC(=O)COC(=O)C2CC(=O)N(c3ccc(C)cc3)C2c2cccs2)c1. The molecule has 2 aromatic carbocycles. The van der Waals surface area contributed by atoms with Crippen LogP contribution in [0.2, 0.25) is 0 Å². The lowest BCUT2D eigenvalue weighted by Crippen LogP contribution is -2.31. The molecule has 2 unspecified atom stereocenters. The first-order valence-corrected chi connectivity index (χ1v) is 11.9. The normalized spacial score (nSPS) is 17.2. The number of hydrogen-bond acceptors (Lipinski definition) is 7. The number of esters is 1. The number of benzene rings is 2. The number of carbonyl (C=O) groups is 3. The van der Waals surface area contributed by atoms with Crippen molar-refractivity contribution in [3.8, 4) is 11.5 Å². The molecule has 0 spiro atoms. The van der Waals surface area contributed by atoms with Gasteiger partial charge in [0.15, 0.2) is 6.61 Å². The third-order valence-corrected chi connectivity index (χ3v) is 6.74. The number of amides is 2. The van der Waals surface area contributed by atoms with E-state index in [1.54, 1.807) is 23.1 Å². The Bertz CT molecular complexity index is 1210. The second-order valence-electron chi connectivity index (χ2n) is 8.09. The fraction of sp³-hybridized carbons (Fsp3) is 0.269. The molecule has 2 heterocycles. The Kier molecular flexibility index (Phi) is 7.36. The summed E-state index contributed by atoms with van der Waals surface area (Å²) in [6.07, 6.45) is 0.000598. The van der Waals surface area contributed by atoms with E-state index in [4.69, 9.17) is 14.2 Å². The zero-order chi connectivity index (χ0) is 24.9. The van der Waals surface area contributed by atoms with Crippen LogP contribution in [0.1, 0.15) is 22.9 Å². The van der Waals surface area contributed by atoms with Gasteiger partial charge in [-0.3, -0.25) is 14.4 Å². The average molecular weight is 495 g/mol. The monoisotopic (exact) mass is 494 g/mol. The first-order valence-electron chi connectivity index (χ1n) is 11.0. The zero-order valence-electron chi connectivity index (χ0n) is 19.6. The molecule has 4 rings (SSSR count). The highest BCUT2D eigenvalue weighted by atomic mass is 32.1. The first-order chi connectivity index (χ1) is 16.9. The van der Waals surface area contributed by atoms with E-state index in [2.05, 4.69) is 5.32 Å². The number of thiophene rings is 1. The highest BCUT2D eigenvalue weighted by molar-refractivity contribution is 7.10. The van der Waals surface area contributed by atoms with Gasteiger partial charge in [-0.2, -0.15) is 0 Å². The Balaban J connectivity index is 1.48.